The summed E-state index contributed by atoms with van der Waals surface area (Å²) in [7, 11) is 0. The standard InChI is InChI=1S/C37H45N7O10/c1-21-18-29(45)52-28-19-23(14-15-24(21)28)41-31(47)25(12-8-16-40-35(38)39)42-32(48)27-13-9-17-44(27)33(49)26(43-36(51)54-37(2,3)4)20-30(46)53-34(50)22-10-6-5-7-11-22/h5-7,10-11,14-15,18-19,25-27H,8-9,12-13,16-17,20H2,1-4H3,(H,41,47)(H,42,48)(H,43,51)(H4,38,39,40)/t25-,26-,27-/m0/s1. The third kappa shape index (κ3) is 11.6. The van der Waals surface area contributed by atoms with Crippen LogP contribution in [0.3, 0.4) is 0 Å². The number of fused-ring (bicyclic) bond motifs is 1. The van der Waals surface area contributed by atoms with E-state index in [1.165, 1.54) is 29.2 Å². The number of guanidine groups is 1. The second-order valence-corrected chi connectivity index (χ2v) is 13.7. The predicted octanol–water partition coefficient (Wildman–Crippen LogP) is 2.24. The Morgan fingerprint density at radius 2 is 1.72 bits per heavy atom. The van der Waals surface area contributed by atoms with E-state index < -0.39 is 71.5 Å². The SMILES string of the molecule is Cc1cc(=O)oc2cc(NC(=O)[C@H](CCCN=C(N)N)NC(=O)[C@@H]3CCCN3C(=O)[C@H](CC(=O)OC(=O)c3ccccc3)NC(=O)OC(C)(C)C)ccc12. The molecule has 2 aromatic carbocycles. The first-order valence-corrected chi connectivity index (χ1v) is 17.3. The van der Waals surface area contributed by atoms with Crippen LogP contribution in [0.1, 0.15) is 68.8 Å². The Kier molecular flexibility index (Phi) is 13.5. The zero-order valence-electron chi connectivity index (χ0n) is 30.5. The van der Waals surface area contributed by atoms with E-state index in [0.717, 1.165) is 0 Å². The molecule has 2 heterocycles. The number of nitrogens with zero attached hydrogens (tertiary/aromatic N) is 2. The van der Waals surface area contributed by atoms with E-state index in [4.69, 9.17) is 25.4 Å². The van der Waals surface area contributed by atoms with Gasteiger partial charge in [0, 0.05) is 36.3 Å². The molecule has 4 rings (SSSR count). The number of hydrogen-bond donors (Lipinski definition) is 5. The Bertz CT molecular complexity index is 1970. The van der Waals surface area contributed by atoms with Gasteiger partial charge in [0.05, 0.1) is 12.0 Å². The zero-order valence-corrected chi connectivity index (χ0v) is 30.5. The van der Waals surface area contributed by atoms with E-state index in [0.29, 0.717) is 29.5 Å². The van der Waals surface area contributed by atoms with Crippen molar-refractivity contribution in [1.82, 2.24) is 15.5 Å². The predicted molar refractivity (Wildman–Crippen MR) is 197 cm³/mol. The van der Waals surface area contributed by atoms with E-state index >= 15 is 0 Å². The summed E-state index contributed by atoms with van der Waals surface area (Å²) in [5.74, 6) is -4.26. The lowest BCUT2D eigenvalue weighted by atomic mass is 10.1. The van der Waals surface area contributed by atoms with Crippen LogP contribution in [0, 0.1) is 6.92 Å². The Morgan fingerprint density at radius 1 is 1.00 bits per heavy atom. The van der Waals surface area contributed by atoms with Crippen LogP contribution in [0.5, 0.6) is 0 Å². The van der Waals surface area contributed by atoms with Crippen molar-refractivity contribution >= 4 is 58.4 Å². The molecule has 0 spiro atoms. The van der Waals surface area contributed by atoms with Crippen LogP contribution < -0.4 is 33.0 Å². The highest BCUT2D eigenvalue weighted by molar-refractivity contribution is 6.01. The molecule has 54 heavy (non-hydrogen) atoms. The molecule has 1 saturated heterocycles. The van der Waals surface area contributed by atoms with Crippen molar-refractivity contribution in [3.63, 3.8) is 0 Å². The van der Waals surface area contributed by atoms with Gasteiger partial charge in [0.2, 0.25) is 17.7 Å². The number of nitrogens with two attached hydrogens (primary N) is 2. The van der Waals surface area contributed by atoms with Gasteiger partial charge in [-0.05, 0) is 83.2 Å². The van der Waals surface area contributed by atoms with E-state index in [1.54, 1.807) is 58.0 Å². The quantitative estimate of drug-likeness (QED) is 0.0422. The van der Waals surface area contributed by atoms with Gasteiger partial charge in [0.25, 0.3) is 0 Å². The minimum Gasteiger partial charge on any atom is -0.444 e. The fraction of sp³-hybridized carbons (Fsp3) is 0.405. The normalized spacial score (nSPS) is 15.0. The van der Waals surface area contributed by atoms with Crippen molar-refractivity contribution < 1.29 is 42.7 Å². The molecule has 3 aromatic rings. The number of alkyl carbamates (subject to hydrolysis) is 1. The molecule has 4 amide bonds. The van der Waals surface area contributed by atoms with E-state index in [9.17, 15) is 33.6 Å². The third-order valence-electron chi connectivity index (χ3n) is 8.21. The number of aliphatic imine (C=N–C) groups is 1. The first-order chi connectivity index (χ1) is 25.5. The van der Waals surface area contributed by atoms with E-state index in [-0.39, 0.29) is 43.0 Å². The molecule has 0 unspecified atom stereocenters. The monoisotopic (exact) mass is 747 g/mol. The molecule has 0 saturated carbocycles. The van der Waals surface area contributed by atoms with Crippen molar-refractivity contribution in [2.24, 2.45) is 16.5 Å². The number of aryl methyl sites for hydroxylation is 1. The van der Waals surface area contributed by atoms with Crippen molar-refractivity contribution in [3.8, 4) is 0 Å². The maximum absolute atomic E-state index is 14.0. The molecule has 1 fully saturated rings. The molecule has 1 aliphatic rings. The highest BCUT2D eigenvalue weighted by Gasteiger charge is 2.40. The van der Waals surface area contributed by atoms with Gasteiger partial charge in [-0.2, -0.15) is 0 Å². The van der Waals surface area contributed by atoms with Gasteiger partial charge < -0.3 is 46.2 Å². The molecule has 0 radical (unpaired) electrons. The van der Waals surface area contributed by atoms with Gasteiger partial charge in [-0.25, -0.2) is 14.4 Å². The summed E-state index contributed by atoms with van der Waals surface area (Å²) in [5.41, 5.74) is 10.7. The molecule has 17 heteroatoms. The summed E-state index contributed by atoms with van der Waals surface area (Å²) in [6.07, 6.45) is -0.768. The van der Waals surface area contributed by atoms with Crippen LogP contribution in [0.4, 0.5) is 10.5 Å². The Balaban J connectivity index is 1.52. The smallest absolute Gasteiger partial charge is 0.408 e. The van der Waals surface area contributed by atoms with Crippen LogP contribution >= 0.6 is 0 Å². The fourth-order valence-electron chi connectivity index (χ4n) is 5.77. The number of likely N-dealkylation sites (tertiary alicyclic amines) is 1. The summed E-state index contributed by atoms with van der Waals surface area (Å²) in [4.78, 5) is 96.7. The van der Waals surface area contributed by atoms with Gasteiger partial charge in [-0.3, -0.25) is 24.2 Å². The lowest BCUT2D eigenvalue weighted by molar-refractivity contribution is -0.145. The first kappa shape index (κ1) is 40.5. The van der Waals surface area contributed by atoms with Crippen molar-refractivity contribution in [2.75, 3.05) is 18.4 Å². The molecule has 0 bridgehead atoms. The molecule has 288 valence electrons. The molecule has 0 aliphatic carbocycles. The number of carbonyl (C=O) groups is 6. The van der Waals surface area contributed by atoms with Crippen LogP contribution in [-0.2, 0) is 28.7 Å². The van der Waals surface area contributed by atoms with Gasteiger partial charge in [0.15, 0.2) is 5.96 Å². The molecule has 1 aliphatic heterocycles. The van der Waals surface area contributed by atoms with Gasteiger partial charge in [0.1, 0.15) is 29.3 Å². The average Bonchev–Trinajstić information content (AvgIpc) is 3.58. The second-order valence-electron chi connectivity index (χ2n) is 13.7. The summed E-state index contributed by atoms with van der Waals surface area (Å²) >= 11 is 0. The molecule has 1 aromatic heterocycles. The zero-order chi connectivity index (χ0) is 39.6. The van der Waals surface area contributed by atoms with Crippen LogP contribution in [-0.4, -0.2) is 83.4 Å². The number of hydrogen-bond acceptors (Lipinski definition) is 11. The molecule has 3 atom stereocenters. The van der Waals surface area contributed by atoms with Crippen LogP contribution in [0.15, 0.2) is 68.8 Å². The highest BCUT2D eigenvalue weighted by Crippen LogP contribution is 2.23. The number of benzene rings is 2. The Labute approximate surface area is 310 Å². The number of carbonyl (C=O) groups excluding carboxylic acids is 6. The lowest BCUT2D eigenvalue weighted by Gasteiger charge is -2.30. The summed E-state index contributed by atoms with van der Waals surface area (Å²) in [6.45, 7) is 6.84. The Morgan fingerprint density at radius 3 is 2.41 bits per heavy atom. The molecule has 7 N–H and O–H groups in total. The summed E-state index contributed by atoms with van der Waals surface area (Å²) < 4.78 is 15.5. The lowest BCUT2D eigenvalue weighted by Crippen LogP contribution is -2.56. The van der Waals surface area contributed by atoms with E-state index in [1.807, 2.05) is 0 Å². The number of esters is 2. The fourth-order valence-corrected chi connectivity index (χ4v) is 5.77. The minimum atomic E-state index is -1.57. The van der Waals surface area contributed by atoms with Gasteiger partial charge in [-0.1, -0.05) is 18.2 Å². The molecular weight excluding hydrogens is 702 g/mol. The first-order valence-electron chi connectivity index (χ1n) is 17.3. The maximum Gasteiger partial charge on any atom is 0.408 e. The van der Waals surface area contributed by atoms with Gasteiger partial charge >= 0.3 is 23.7 Å². The number of nitrogens with one attached hydrogen (secondary N) is 3. The number of amides is 4. The second kappa shape index (κ2) is 18.0. The molecule has 17 nitrogen and oxygen atoms in total. The van der Waals surface area contributed by atoms with Crippen LogP contribution in [0.25, 0.3) is 11.0 Å². The largest absolute Gasteiger partial charge is 0.444 e. The average molecular weight is 748 g/mol. The maximum atomic E-state index is 14.0. The minimum absolute atomic E-state index is 0.0878. The number of anilines is 1. The van der Waals surface area contributed by atoms with Crippen molar-refractivity contribution in [1.29, 1.82) is 0 Å². The summed E-state index contributed by atoms with van der Waals surface area (Å²) in [5, 5.41) is 8.52. The topological polar surface area (TPSA) is 255 Å². The van der Waals surface area contributed by atoms with Crippen LogP contribution in [0.2, 0.25) is 0 Å². The highest BCUT2D eigenvalue weighted by atomic mass is 16.6. The number of ether oxygens (including phenoxy) is 2. The van der Waals surface area contributed by atoms with Crippen molar-refractivity contribution in [2.45, 2.75) is 83.5 Å². The van der Waals surface area contributed by atoms with Crippen molar-refractivity contribution in [3.05, 3.63) is 76.1 Å². The Hall–Kier alpha value is -6.26. The van der Waals surface area contributed by atoms with Gasteiger partial charge in [-0.15, -0.1) is 0 Å². The van der Waals surface area contributed by atoms with E-state index in [2.05, 4.69) is 20.9 Å². The number of rotatable bonds is 13. The summed E-state index contributed by atoms with van der Waals surface area (Å²) in [6, 6.07) is 10.1. The molecular formula is C37H45N7O10. The third-order valence-corrected chi connectivity index (χ3v) is 8.21.